The van der Waals surface area contributed by atoms with Crippen molar-refractivity contribution in [2.75, 3.05) is 26.7 Å². The summed E-state index contributed by atoms with van der Waals surface area (Å²) < 4.78 is 32.6. The molecule has 1 aromatic rings. The third kappa shape index (κ3) is 5.85. The Labute approximate surface area is 155 Å². The topological polar surface area (TPSA) is 96.5 Å². The van der Waals surface area contributed by atoms with Crippen LogP contribution in [0.4, 0.5) is 0 Å². The smallest absolute Gasteiger partial charge is 0.241 e. The Morgan fingerprint density at radius 2 is 1.88 bits per heavy atom. The fraction of sp³-hybridized carbons (Fsp3) is 0.562. The summed E-state index contributed by atoms with van der Waals surface area (Å²) in [5, 5.41) is 5.97. The third-order valence-corrected chi connectivity index (χ3v) is 5.49. The van der Waals surface area contributed by atoms with Crippen LogP contribution in [0.3, 0.4) is 0 Å². The molecular formula is C16H26ClN3O4S. The highest BCUT2D eigenvalue weighted by molar-refractivity contribution is 7.89. The van der Waals surface area contributed by atoms with E-state index >= 15 is 0 Å². The first kappa shape index (κ1) is 21.7. The monoisotopic (exact) mass is 391 g/mol. The highest BCUT2D eigenvalue weighted by atomic mass is 35.5. The van der Waals surface area contributed by atoms with E-state index in [4.69, 9.17) is 4.74 Å². The lowest BCUT2D eigenvalue weighted by Gasteiger charge is -2.28. The highest BCUT2D eigenvalue weighted by Crippen LogP contribution is 2.17. The van der Waals surface area contributed by atoms with Crippen molar-refractivity contribution < 1.29 is 17.9 Å². The number of methoxy groups -OCH3 is 1. The SMILES string of the molecule is COc1ccc(S(=O)(=O)NC(C(=O)NCC2CNC2)C(C)C)cc1.Cl. The number of amides is 1. The minimum absolute atomic E-state index is 0. The molecule has 0 radical (unpaired) electrons. The molecule has 0 bridgehead atoms. The van der Waals surface area contributed by atoms with Crippen LogP contribution in [0, 0.1) is 11.8 Å². The predicted molar refractivity (Wildman–Crippen MR) is 98.6 cm³/mol. The first-order valence-corrected chi connectivity index (χ1v) is 9.46. The number of hydrogen-bond acceptors (Lipinski definition) is 5. The van der Waals surface area contributed by atoms with E-state index in [1.165, 1.54) is 19.2 Å². The molecule has 0 aliphatic carbocycles. The second-order valence-electron chi connectivity index (χ2n) is 6.29. The Hall–Kier alpha value is -1.35. The number of halogens is 1. The summed E-state index contributed by atoms with van der Waals surface area (Å²) in [7, 11) is -2.27. The Morgan fingerprint density at radius 3 is 2.32 bits per heavy atom. The second-order valence-corrected chi connectivity index (χ2v) is 8.00. The molecule has 1 saturated heterocycles. The number of hydrogen-bond donors (Lipinski definition) is 3. The van der Waals surface area contributed by atoms with Gasteiger partial charge in [0, 0.05) is 25.6 Å². The van der Waals surface area contributed by atoms with E-state index in [0.29, 0.717) is 18.2 Å². The molecule has 1 atom stereocenters. The zero-order valence-corrected chi connectivity index (χ0v) is 16.2. The van der Waals surface area contributed by atoms with Crippen molar-refractivity contribution in [2.45, 2.75) is 24.8 Å². The van der Waals surface area contributed by atoms with Crippen molar-refractivity contribution in [1.29, 1.82) is 0 Å². The van der Waals surface area contributed by atoms with Crippen LogP contribution in [0.2, 0.25) is 0 Å². The van der Waals surface area contributed by atoms with Gasteiger partial charge >= 0.3 is 0 Å². The zero-order chi connectivity index (χ0) is 17.7. The van der Waals surface area contributed by atoms with E-state index in [0.717, 1.165) is 13.1 Å². The van der Waals surface area contributed by atoms with Crippen molar-refractivity contribution in [3.63, 3.8) is 0 Å². The molecule has 142 valence electrons. The summed E-state index contributed by atoms with van der Waals surface area (Å²) in [5.41, 5.74) is 0. The fourth-order valence-corrected chi connectivity index (χ4v) is 3.67. The van der Waals surface area contributed by atoms with E-state index < -0.39 is 16.1 Å². The van der Waals surface area contributed by atoms with Gasteiger partial charge in [-0.2, -0.15) is 4.72 Å². The van der Waals surface area contributed by atoms with Crippen molar-refractivity contribution >= 4 is 28.3 Å². The standard InChI is InChI=1S/C16H25N3O4S.ClH/c1-11(2)15(16(20)18-10-12-8-17-9-12)19-24(21,22)14-6-4-13(23-3)5-7-14;/h4-7,11-12,15,17,19H,8-10H2,1-3H3,(H,18,20);1H. The van der Waals surface area contributed by atoms with Gasteiger partial charge in [0.15, 0.2) is 0 Å². The molecule has 0 spiro atoms. The Bertz CT molecular complexity index is 660. The van der Waals surface area contributed by atoms with Crippen LogP contribution in [-0.2, 0) is 14.8 Å². The Balaban J connectivity index is 0.00000312. The van der Waals surface area contributed by atoms with Crippen molar-refractivity contribution in [3.8, 4) is 5.75 Å². The summed E-state index contributed by atoms with van der Waals surface area (Å²) in [5.74, 6) is 0.521. The van der Waals surface area contributed by atoms with E-state index in [1.807, 2.05) is 13.8 Å². The van der Waals surface area contributed by atoms with E-state index in [2.05, 4.69) is 15.4 Å². The number of rotatable bonds is 8. The number of carbonyl (C=O) groups excluding carboxylic acids is 1. The van der Waals surface area contributed by atoms with E-state index in [9.17, 15) is 13.2 Å². The summed E-state index contributed by atoms with van der Waals surface area (Å²) in [6.45, 7) is 5.94. The lowest BCUT2D eigenvalue weighted by Crippen LogP contribution is -2.53. The molecular weight excluding hydrogens is 366 g/mol. The Kier molecular flexibility index (Phi) is 8.14. The molecule has 1 aliphatic heterocycles. The van der Waals surface area contributed by atoms with Crippen LogP contribution in [0.1, 0.15) is 13.8 Å². The number of benzene rings is 1. The molecule has 9 heteroatoms. The lowest BCUT2D eigenvalue weighted by atomic mass is 10.0. The maximum absolute atomic E-state index is 12.5. The molecule has 1 amide bonds. The molecule has 1 unspecified atom stereocenters. The number of carbonyl (C=O) groups is 1. The first-order chi connectivity index (χ1) is 11.3. The molecule has 0 aromatic heterocycles. The maximum atomic E-state index is 12.5. The highest BCUT2D eigenvalue weighted by Gasteiger charge is 2.29. The predicted octanol–water partition coefficient (Wildman–Crippen LogP) is 0.756. The van der Waals surface area contributed by atoms with Gasteiger partial charge < -0.3 is 15.4 Å². The van der Waals surface area contributed by atoms with E-state index in [1.54, 1.807) is 12.1 Å². The van der Waals surface area contributed by atoms with Crippen molar-refractivity contribution in [1.82, 2.24) is 15.4 Å². The summed E-state index contributed by atoms with van der Waals surface area (Å²) in [4.78, 5) is 12.5. The molecule has 1 heterocycles. The van der Waals surface area contributed by atoms with Crippen molar-refractivity contribution in [3.05, 3.63) is 24.3 Å². The van der Waals surface area contributed by atoms with Gasteiger partial charge in [0.1, 0.15) is 11.8 Å². The quantitative estimate of drug-likeness (QED) is 0.607. The van der Waals surface area contributed by atoms with Crippen LogP contribution in [0.25, 0.3) is 0 Å². The lowest BCUT2D eigenvalue weighted by molar-refractivity contribution is -0.123. The second kappa shape index (κ2) is 9.38. The molecule has 7 nitrogen and oxygen atoms in total. The van der Waals surface area contributed by atoms with Gasteiger partial charge in [-0.1, -0.05) is 13.8 Å². The number of sulfonamides is 1. The maximum Gasteiger partial charge on any atom is 0.241 e. The molecule has 1 aliphatic rings. The minimum atomic E-state index is -3.78. The minimum Gasteiger partial charge on any atom is -0.497 e. The Morgan fingerprint density at radius 1 is 1.28 bits per heavy atom. The molecule has 0 saturated carbocycles. The molecule has 1 fully saturated rings. The normalized spacial score (nSPS) is 15.8. The van der Waals surface area contributed by atoms with Crippen LogP contribution < -0.4 is 20.1 Å². The van der Waals surface area contributed by atoms with Crippen LogP contribution in [-0.4, -0.2) is 47.1 Å². The van der Waals surface area contributed by atoms with Gasteiger partial charge in [0.05, 0.1) is 12.0 Å². The van der Waals surface area contributed by atoms with Crippen LogP contribution in [0.5, 0.6) is 5.75 Å². The summed E-state index contributed by atoms with van der Waals surface area (Å²) in [6, 6.07) is 5.24. The van der Waals surface area contributed by atoms with Gasteiger partial charge in [0.2, 0.25) is 15.9 Å². The van der Waals surface area contributed by atoms with Crippen LogP contribution >= 0.6 is 12.4 Å². The first-order valence-electron chi connectivity index (χ1n) is 7.98. The van der Waals surface area contributed by atoms with Crippen molar-refractivity contribution in [2.24, 2.45) is 11.8 Å². The fourth-order valence-electron chi connectivity index (χ4n) is 2.33. The van der Waals surface area contributed by atoms with Gasteiger partial charge in [-0.05, 0) is 30.2 Å². The third-order valence-electron chi connectivity index (χ3n) is 4.03. The van der Waals surface area contributed by atoms with Gasteiger partial charge in [-0.15, -0.1) is 12.4 Å². The van der Waals surface area contributed by atoms with Crippen LogP contribution in [0.15, 0.2) is 29.2 Å². The molecule has 1 aromatic carbocycles. The average molecular weight is 392 g/mol. The molecule has 2 rings (SSSR count). The largest absolute Gasteiger partial charge is 0.497 e. The summed E-state index contributed by atoms with van der Waals surface area (Å²) in [6.07, 6.45) is 0. The molecule has 3 N–H and O–H groups in total. The summed E-state index contributed by atoms with van der Waals surface area (Å²) >= 11 is 0. The average Bonchev–Trinajstić information content (AvgIpc) is 2.50. The van der Waals surface area contributed by atoms with Gasteiger partial charge in [-0.3, -0.25) is 4.79 Å². The molecule has 25 heavy (non-hydrogen) atoms. The van der Waals surface area contributed by atoms with Gasteiger partial charge in [-0.25, -0.2) is 8.42 Å². The number of nitrogens with one attached hydrogen (secondary N) is 3. The van der Waals surface area contributed by atoms with E-state index in [-0.39, 0.29) is 29.1 Å². The zero-order valence-electron chi connectivity index (χ0n) is 14.6. The number of ether oxygens (including phenoxy) is 1. The van der Waals surface area contributed by atoms with Gasteiger partial charge in [0.25, 0.3) is 0 Å².